The molecule has 0 aliphatic rings. The number of hydrogen-bond donors (Lipinski definition) is 1. The molecular weight excluding hydrogens is 424 g/mol. The highest BCUT2D eigenvalue weighted by molar-refractivity contribution is 7.92. The van der Waals surface area contributed by atoms with Crippen LogP contribution in [0.1, 0.15) is 23.1 Å². The van der Waals surface area contributed by atoms with E-state index in [1.54, 1.807) is 55.5 Å². The van der Waals surface area contributed by atoms with Crippen LogP contribution in [-0.4, -0.2) is 33.4 Å². The number of nitrogens with one attached hydrogen (secondary N) is 1. The van der Waals surface area contributed by atoms with Crippen LogP contribution in [0.4, 0.5) is 5.69 Å². The molecule has 0 aliphatic heterocycles. The van der Waals surface area contributed by atoms with Gasteiger partial charge >= 0.3 is 0 Å². The number of ether oxygens (including phenoxy) is 1. The quantitative estimate of drug-likeness (QED) is 0.522. The average Bonchev–Trinajstić information content (AvgIpc) is 2.79. The fourth-order valence-electron chi connectivity index (χ4n) is 3.21. The first-order valence-corrected chi connectivity index (χ1v) is 11.8. The van der Waals surface area contributed by atoms with Gasteiger partial charge in [0.05, 0.1) is 12.0 Å². The van der Waals surface area contributed by atoms with Gasteiger partial charge in [-0.25, -0.2) is 8.42 Å². The lowest BCUT2D eigenvalue weighted by Gasteiger charge is -2.17. The van der Waals surface area contributed by atoms with Crippen LogP contribution in [0.3, 0.4) is 0 Å². The summed E-state index contributed by atoms with van der Waals surface area (Å²) < 4.78 is 32.9. The highest BCUT2D eigenvalue weighted by atomic mass is 32.2. The minimum Gasteiger partial charge on any atom is -0.497 e. The summed E-state index contributed by atoms with van der Waals surface area (Å²) in [6.07, 6.45) is 0.887. The van der Waals surface area contributed by atoms with Gasteiger partial charge in [0.1, 0.15) is 5.75 Å². The van der Waals surface area contributed by atoms with Crippen molar-refractivity contribution in [3.63, 3.8) is 0 Å². The minimum absolute atomic E-state index is 0.0264. The maximum atomic E-state index is 12.6. The highest BCUT2D eigenvalue weighted by Gasteiger charge is 2.15. The molecular formula is C25H28N2O4S. The van der Waals surface area contributed by atoms with E-state index >= 15 is 0 Å². The van der Waals surface area contributed by atoms with E-state index in [-0.39, 0.29) is 10.8 Å². The number of sulfonamides is 1. The molecule has 0 atom stereocenters. The predicted octanol–water partition coefficient (Wildman–Crippen LogP) is 4.40. The summed E-state index contributed by atoms with van der Waals surface area (Å²) >= 11 is 0. The van der Waals surface area contributed by atoms with Gasteiger partial charge in [-0.15, -0.1) is 0 Å². The Morgan fingerprint density at radius 1 is 0.906 bits per heavy atom. The van der Waals surface area contributed by atoms with Crippen molar-refractivity contribution in [2.45, 2.75) is 31.2 Å². The van der Waals surface area contributed by atoms with Gasteiger partial charge in [0.15, 0.2) is 0 Å². The number of methoxy groups -OCH3 is 1. The number of hydrogen-bond acceptors (Lipinski definition) is 4. The number of carbonyl (C=O) groups excluding carboxylic acids is 1. The number of rotatable bonds is 9. The van der Waals surface area contributed by atoms with E-state index in [9.17, 15) is 13.2 Å². The molecule has 0 fully saturated rings. The second kappa shape index (κ2) is 10.3. The van der Waals surface area contributed by atoms with Gasteiger partial charge in [-0.2, -0.15) is 0 Å². The van der Waals surface area contributed by atoms with Crippen molar-refractivity contribution in [2.24, 2.45) is 0 Å². The third-order valence-electron chi connectivity index (χ3n) is 5.17. The van der Waals surface area contributed by atoms with E-state index in [2.05, 4.69) is 4.72 Å². The van der Waals surface area contributed by atoms with Crippen LogP contribution >= 0.6 is 0 Å². The first-order valence-electron chi connectivity index (χ1n) is 10.3. The van der Waals surface area contributed by atoms with Crippen LogP contribution in [0.5, 0.6) is 5.75 Å². The molecule has 1 amide bonds. The molecule has 6 nitrogen and oxygen atoms in total. The standard InChI is InChI=1S/C25H28N2O4S/c1-19-4-11-22(12-5-19)26-32(29,30)24-15-8-20(9-16-24)10-17-25(28)27(2)18-21-6-13-23(31-3)14-7-21/h4-9,11-16,26H,10,17-18H2,1-3H3. The molecule has 0 saturated heterocycles. The minimum atomic E-state index is -3.66. The molecule has 0 bridgehead atoms. The van der Waals surface area contributed by atoms with Gasteiger partial charge in [0.2, 0.25) is 5.91 Å². The number of nitrogens with zero attached hydrogens (tertiary/aromatic N) is 1. The monoisotopic (exact) mass is 452 g/mol. The van der Waals surface area contributed by atoms with E-state index in [0.717, 1.165) is 22.4 Å². The molecule has 7 heteroatoms. The van der Waals surface area contributed by atoms with E-state index in [4.69, 9.17) is 4.74 Å². The van der Waals surface area contributed by atoms with Crippen LogP contribution in [0.15, 0.2) is 77.7 Å². The van der Waals surface area contributed by atoms with Gasteiger partial charge in [0.25, 0.3) is 10.0 Å². The Labute approximate surface area is 189 Å². The van der Waals surface area contributed by atoms with Crippen molar-refractivity contribution < 1.29 is 17.9 Å². The third kappa shape index (κ3) is 6.34. The normalized spacial score (nSPS) is 11.1. The van der Waals surface area contributed by atoms with Crippen LogP contribution in [0.25, 0.3) is 0 Å². The molecule has 0 saturated carbocycles. The molecule has 3 aromatic carbocycles. The van der Waals surface area contributed by atoms with Gasteiger partial charge in [-0.05, 0) is 60.9 Å². The average molecular weight is 453 g/mol. The summed E-state index contributed by atoms with van der Waals surface area (Å²) in [6, 6.07) is 21.4. The smallest absolute Gasteiger partial charge is 0.261 e. The lowest BCUT2D eigenvalue weighted by Crippen LogP contribution is -2.26. The van der Waals surface area contributed by atoms with Crippen LogP contribution in [0, 0.1) is 6.92 Å². The van der Waals surface area contributed by atoms with E-state index < -0.39 is 10.0 Å². The van der Waals surface area contributed by atoms with Crippen LogP contribution in [0.2, 0.25) is 0 Å². The number of aryl methyl sites for hydroxylation is 2. The Kier molecular flexibility index (Phi) is 7.53. The largest absolute Gasteiger partial charge is 0.497 e. The fraction of sp³-hybridized carbons (Fsp3) is 0.240. The maximum Gasteiger partial charge on any atom is 0.261 e. The zero-order valence-electron chi connectivity index (χ0n) is 18.5. The van der Waals surface area contributed by atoms with Crippen LogP contribution in [-0.2, 0) is 27.8 Å². The Hall–Kier alpha value is -3.32. The van der Waals surface area contributed by atoms with E-state index in [0.29, 0.717) is 25.1 Å². The fourth-order valence-corrected chi connectivity index (χ4v) is 4.26. The van der Waals surface area contributed by atoms with Crippen molar-refractivity contribution in [3.8, 4) is 5.75 Å². The molecule has 168 valence electrons. The summed E-state index contributed by atoms with van der Waals surface area (Å²) in [6.45, 7) is 2.46. The first kappa shape index (κ1) is 23.3. The Balaban J connectivity index is 1.54. The van der Waals surface area contributed by atoms with Crippen molar-refractivity contribution >= 4 is 21.6 Å². The third-order valence-corrected chi connectivity index (χ3v) is 6.57. The summed E-state index contributed by atoms with van der Waals surface area (Å²) in [5.41, 5.74) is 3.51. The Morgan fingerprint density at radius 2 is 1.50 bits per heavy atom. The second-order valence-electron chi connectivity index (χ2n) is 7.71. The molecule has 0 radical (unpaired) electrons. The zero-order valence-corrected chi connectivity index (χ0v) is 19.4. The van der Waals surface area contributed by atoms with Crippen molar-refractivity contribution in [2.75, 3.05) is 18.9 Å². The summed E-state index contributed by atoms with van der Waals surface area (Å²) in [5, 5.41) is 0. The van der Waals surface area contributed by atoms with Crippen LogP contribution < -0.4 is 9.46 Å². The number of benzene rings is 3. The first-order chi connectivity index (χ1) is 15.3. The SMILES string of the molecule is COc1ccc(CN(C)C(=O)CCc2ccc(S(=O)(=O)Nc3ccc(C)cc3)cc2)cc1. The molecule has 0 aliphatic carbocycles. The summed E-state index contributed by atoms with van der Waals surface area (Å²) in [7, 11) is -0.266. The molecule has 3 rings (SSSR count). The molecule has 0 heterocycles. The molecule has 3 aromatic rings. The van der Waals surface area contributed by atoms with Gasteiger partial charge < -0.3 is 9.64 Å². The summed E-state index contributed by atoms with van der Waals surface area (Å²) in [5.74, 6) is 0.806. The second-order valence-corrected chi connectivity index (χ2v) is 9.40. The summed E-state index contributed by atoms with van der Waals surface area (Å²) in [4.78, 5) is 14.4. The number of carbonyl (C=O) groups is 1. The Morgan fingerprint density at radius 3 is 2.09 bits per heavy atom. The van der Waals surface area contributed by atoms with Crippen molar-refractivity contribution in [1.82, 2.24) is 4.90 Å². The lowest BCUT2D eigenvalue weighted by atomic mass is 10.1. The number of amides is 1. The lowest BCUT2D eigenvalue weighted by molar-refractivity contribution is -0.130. The van der Waals surface area contributed by atoms with E-state index in [1.807, 2.05) is 43.3 Å². The maximum absolute atomic E-state index is 12.6. The number of anilines is 1. The van der Waals surface area contributed by atoms with Crippen molar-refractivity contribution in [1.29, 1.82) is 0 Å². The molecule has 0 unspecified atom stereocenters. The molecule has 0 aromatic heterocycles. The molecule has 0 spiro atoms. The zero-order chi connectivity index (χ0) is 23.1. The highest BCUT2D eigenvalue weighted by Crippen LogP contribution is 2.18. The topological polar surface area (TPSA) is 75.7 Å². The predicted molar refractivity (Wildman–Crippen MR) is 126 cm³/mol. The van der Waals surface area contributed by atoms with Gasteiger partial charge in [-0.3, -0.25) is 9.52 Å². The molecule has 1 N–H and O–H groups in total. The van der Waals surface area contributed by atoms with Gasteiger partial charge in [-0.1, -0.05) is 42.0 Å². The Bertz CT molecular complexity index is 1140. The van der Waals surface area contributed by atoms with Gasteiger partial charge in [0, 0.05) is 25.7 Å². The van der Waals surface area contributed by atoms with E-state index in [1.165, 1.54) is 0 Å². The van der Waals surface area contributed by atoms with Crippen molar-refractivity contribution in [3.05, 3.63) is 89.5 Å². The molecule has 32 heavy (non-hydrogen) atoms.